The van der Waals surface area contributed by atoms with E-state index in [-0.39, 0.29) is 18.6 Å². The number of urea groups is 1. The number of hydrogen-bond donors (Lipinski definition) is 1. The van der Waals surface area contributed by atoms with Crippen molar-refractivity contribution in [2.24, 2.45) is 5.41 Å². The summed E-state index contributed by atoms with van der Waals surface area (Å²) >= 11 is 0. The Morgan fingerprint density at radius 3 is 2.05 bits per heavy atom. The van der Waals surface area contributed by atoms with E-state index < -0.39 is 5.97 Å². The highest BCUT2D eigenvalue weighted by molar-refractivity contribution is 5.80. The van der Waals surface area contributed by atoms with Crippen molar-refractivity contribution in [3.8, 4) is 0 Å². The molecule has 116 valence electrons. The Morgan fingerprint density at radius 1 is 1.20 bits per heavy atom. The molecule has 0 spiro atoms. The largest absolute Gasteiger partial charge is 0.480 e. The normalized spacial score (nSPS) is 18.1. The van der Waals surface area contributed by atoms with Crippen LogP contribution in [0.25, 0.3) is 0 Å². The van der Waals surface area contributed by atoms with Crippen molar-refractivity contribution in [2.45, 2.75) is 59.4 Å². The summed E-state index contributed by atoms with van der Waals surface area (Å²) in [6.45, 7) is 9.39. The van der Waals surface area contributed by atoms with E-state index in [9.17, 15) is 9.59 Å². The summed E-state index contributed by atoms with van der Waals surface area (Å²) in [6.07, 6.45) is 4.33. The third-order valence-electron chi connectivity index (χ3n) is 4.77. The zero-order valence-corrected chi connectivity index (χ0v) is 13.2. The zero-order chi connectivity index (χ0) is 15.3. The van der Waals surface area contributed by atoms with Gasteiger partial charge in [0.2, 0.25) is 0 Å². The van der Waals surface area contributed by atoms with Crippen molar-refractivity contribution >= 4 is 12.0 Å². The molecular formula is C15H28N2O3. The Bertz CT molecular complexity index is 341. The molecule has 0 aromatic rings. The van der Waals surface area contributed by atoms with Gasteiger partial charge in [-0.2, -0.15) is 0 Å². The first-order valence-corrected chi connectivity index (χ1v) is 7.62. The van der Waals surface area contributed by atoms with Crippen LogP contribution in [0, 0.1) is 5.41 Å². The van der Waals surface area contributed by atoms with E-state index in [0.717, 1.165) is 38.8 Å². The average Bonchev–Trinajstić information content (AvgIpc) is 2.43. The van der Waals surface area contributed by atoms with Crippen molar-refractivity contribution in [3.63, 3.8) is 0 Å². The lowest BCUT2D eigenvalue weighted by atomic mass is 9.74. The Labute approximate surface area is 121 Å². The van der Waals surface area contributed by atoms with Crippen LogP contribution < -0.4 is 0 Å². The molecule has 0 saturated carbocycles. The fraction of sp³-hybridized carbons (Fsp3) is 0.867. The van der Waals surface area contributed by atoms with Gasteiger partial charge in [-0.1, -0.05) is 26.7 Å². The second-order valence-electron chi connectivity index (χ2n) is 6.09. The number of carbonyl (C=O) groups excluding carboxylic acids is 1. The minimum Gasteiger partial charge on any atom is -0.480 e. The lowest BCUT2D eigenvalue weighted by Gasteiger charge is -2.42. The summed E-state index contributed by atoms with van der Waals surface area (Å²) in [7, 11) is 0. The second-order valence-corrected chi connectivity index (χ2v) is 6.09. The molecule has 0 unspecified atom stereocenters. The third kappa shape index (κ3) is 3.87. The Hall–Kier alpha value is -1.26. The Morgan fingerprint density at radius 2 is 1.70 bits per heavy atom. The third-order valence-corrected chi connectivity index (χ3v) is 4.77. The molecule has 0 bridgehead atoms. The van der Waals surface area contributed by atoms with Gasteiger partial charge in [-0.3, -0.25) is 4.79 Å². The number of rotatable bonds is 5. The molecule has 0 atom stereocenters. The van der Waals surface area contributed by atoms with E-state index >= 15 is 0 Å². The van der Waals surface area contributed by atoms with Gasteiger partial charge >= 0.3 is 12.0 Å². The second kappa shape index (κ2) is 6.95. The van der Waals surface area contributed by atoms with E-state index in [2.05, 4.69) is 13.8 Å². The number of aliphatic carboxylic acids is 1. The number of carboxylic acids is 1. The van der Waals surface area contributed by atoms with Crippen LogP contribution >= 0.6 is 0 Å². The van der Waals surface area contributed by atoms with Crippen molar-refractivity contribution < 1.29 is 14.7 Å². The molecule has 1 aliphatic heterocycles. The summed E-state index contributed by atoms with van der Waals surface area (Å²) in [6, 6.07) is -0.231. The van der Waals surface area contributed by atoms with Crippen molar-refractivity contribution in [1.82, 2.24) is 9.80 Å². The molecule has 5 nitrogen and oxygen atoms in total. The fourth-order valence-corrected chi connectivity index (χ4v) is 2.93. The maximum atomic E-state index is 12.5. The van der Waals surface area contributed by atoms with Crippen LogP contribution in [0.5, 0.6) is 0 Å². The summed E-state index contributed by atoms with van der Waals surface area (Å²) in [5.41, 5.74) is 0.367. The van der Waals surface area contributed by atoms with Crippen molar-refractivity contribution in [2.75, 3.05) is 19.6 Å². The number of nitrogens with zero attached hydrogens (tertiary/aromatic N) is 2. The molecule has 0 aromatic heterocycles. The molecular weight excluding hydrogens is 256 g/mol. The van der Waals surface area contributed by atoms with Crippen LogP contribution in [0.2, 0.25) is 0 Å². The number of amides is 2. The zero-order valence-electron chi connectivity index (χ0n) is 13.2. The van der Waals surface area contributed by atoms with Gasteiger partial charge in [0.15, 0.2) is 0 Å². The minimum absolute atomic E-state index is 0.0948. The number of piperidine rings is 1. The molecule has 0 radical (unpaired) electrons. The molecule has 20 heavy (non-hydrogen) atoms. The van der Waals surface area contributed by atoms with Crippen LogP contribution in [0.1, 0.15) is 53.4 Å². The smallest absolute Gasteiger partial charge is 0.323 e. The van der Waals surface area contributed by atoms with Gasteiger partial charge in [-0.05, 0) is 32.1 Å². The molecule has 1 rings (SSSR count). The van der Waals surface area contributed by atoms with E-state index in [1.807, 2.05) is 18.7 Å². The SMILES string of the molecule is CCC1(CC)CCN(C(=O)N(CC(=O)O)C(C)C)CC1. The fourth-order valence-electron chi connectivity index (χ4n) is 2.93. The van der Waals surface area contributed by atoms with Gasteiger partial charge in [0.25, 0.3) is 0 Å². The van der Waals surface area contributed by atoms with E-state index in [0.29, 0.717) is 5.41 Å². The first-order valence-electron chi connectivity index (χ1n) is 7.62. The predicted octanol–water partition coefficient (Wildman–Crippen LogP) is 2.80. The van der Waals surface area contributed by atoms with Gasteiger partial charge < -0.3 is 14.9 Å². The van der Waals surface area contributed by atoms with Gasteiger partial charge in [0.1, 0.15) is 6.54 Å². The van der Waals surface area contributed by atoms with Gasteiger partial charge in [-0.25, -0.2) is 4.79 Å². The summed E-state index contributed by atoms with van der Waals surface area (Å²) < 4.78 is 0. The van der Waals surface area contributed by atoms with E-state index in [1.165, 1.54) is 4.90 Å². The van der Waals surface area contributed by atoms with E-state index in [4.69, 9.17) is 5.11 Å². The number of likely N-dealkylation sites (tertiary alicyclic amines) is 1. The molecule has 1 saturated heterocycles. The van der Waals surface area contributed by atoms with Gasteiger partial charge in [0, 0.05) is 19.1 Å². The quantitative estimate of drug-likeness (QED) is 0.844. The molecule has 2 amide bonds. The molecule has 5 heteroatoms. The maximum absolute atomic E-state index is 12.5. The molecule has 0 aliphatic carbocycles. The highest BCUT2D eigenvalue weighted by atomic mass is 16.4. The molecule has 1 fully saturated rings. The Kier molecular flexibility index (Phi) is 5.84. The summed E-state index contributed by atoms with van der Waals surface area (Å²) in [4.78, 5) is 26.6. The lowest BCUT2D eigenvalue weighted by Crippen LogP contribution is -2.52. The topological polar surface area (TPSA) is 60.9 Å². The molecule has 1 N–H and O–H groups in total. The minimum atomic E-state index is -0.958. The number of carbonyl (C=O) groups is 2. The standard InChI is InChI=1S/C15H28N2O3/c1-5-15(6-2)7-9-16(10-8-15)14(20)17(12(3)4)11-13(18)19/h12H,5-11H2,1-4H3,(H,18,19). The van der Waals surface area contributed by atoms with Crippen LogP contribution in [-0.2, 0) is 4.79 Å². The highest BCUT2D eigenvalue weighted by Gasteiger charge is 2.35. The predicted molar refractivity (Wildman–Crippen MR) is 78.7 cm³/mol. The molecule has 1 heterocycles. The first-order chi connectivity index (χ1) is 9.35. The van der Waals surface area contributed by atoms with Crippen LogP contribution in [0.15, 0.2) is 0 Å². The van der Waals surface area contributed by atoms with Gasteiger partial charge in [0.05, 0.1) is 0 Å². The average molecular weight is 284 g/mol. The van der Waals surface area contributed by atoms with Crippen LogP contribution in [-0.4, -0.2) is 52.6 Å². The molecule has 1 aliphatic rings. The first kappa shape index (κ1) is 16.8. The summed E-state index contributed by atoms with van der Waals surface area (Å²) in [5, 5.41) is 8.93. The molecule has 0 aromatic carbocycles. The number of carboxylic acid groups (broad SMARTS) is 1. The number of hydrogen-bond acceptors (Lipinski definition) is 2. The van der Waals surface area contributed by atoms with Crippen LogP contribution in [0.3, 0.4) is 0 Å². The maximum Gasteiger partial charge on any atom is 0.323 e. The summed E-state index contributed by atoms with van der Waals surface area (Å²) in [5.74, 6) is -0.958. The van der Waals surface area contributed by atoms with Crippen molar-refractivity contribution in [3.05, 3.63) is 0 Å². The highest BCUT2D eigenvalue weighted by Crippen LogP contribution is 2.38. The van der Waals surface area contributed by atoms with Gasteiger partial charge in [-0.15, -0.1) is 0 Å². The van der Waals surface area contributed by atoms with E-state index in [1.54, 1.807) is 0 Å². The van der Waals surface area contributed by atoms with Crippen LogP contribution in [0.4, 0.5) is 4.79 Å². The Balaban J connectivity index is 2.67. The monoisotopic (exact) mass is 284 g/mol. The lowest BCUT2D eigenvalue weighted by molar-refractivity contribution is -0.138. The van der Waals surface area contributed by atoms with Crippen molar-refractivity contribution in [1.29, 1.82) is 0 Å².